The first-order valence-corrected chi connectivity index (χ1v) is 8.93. The molecule has 0 amide bonds. The Morgan fingerprint density at radius 3 is 2.32 bits per heavy atom. The highest BCUT2D eigenvalue weighted by atomic mass is 16.1. The molecule has 28 heavy (non-hydrogen) atoms. The molecule has 0 bridgehead atoms. The summed E-state index contributed by atoms with van der Waals surface area (Å²) in [7, 11) is 0. The summed E-state index contributed by atoms with van der Waals surface area (Å²) in [6.45, 7) is 3.96. The van der Waals surface area contributed by atoms with Crippen LogP contribution in [0.4, 0.5) is 17.2 Å². The summed E-state index contributed by atoms with van der Waals surface area (Å²) < 4.78 is 0. The molecule has 6 nitrogen and oxygen atoms in total. The Balaban J connectivity index is 1.59. The largest absolute Gasteiger partial charge is 0.348 e. The van der Waals surface area contributed by atoms with Crippen LogP contribution in [-0.2, 0) is 0 Å². The van der Waals surface area contributed by atoms with Crippen LogP contribution in [0.5, 0.6) is 0 Å². The number of anilines is 2. The number of aromatic nitrogens is 3. The quantitative estimate of drug-likeness (QED) is 0.504. The molecule has 0 unspecified atom stereocenters. The zero-order chi connectivity index (χ0) is 19.5. The van der Waals surface area contributed by atoms with E-state index in [1.807, 2.05) is 62.4 Å². The fourth-order valence-electron chi connectivity index (χ4n) is 2.96. The van der Waals surface area contributed by atoms with Crippen LogP contribution in [0.2, 0.25) is 0 Å². The Morgan fingerprint density at radius 1 is 0.964 bits per heavy atom. The fourth-order valence-corrected chi connectivity index (χ4v) is 2.96. The van der Waals surface area contributed by atoms with E-state index in [1.54, 1.807) is 6.20 Å². The van der Waals surface area contributed by atoms with Crippen molar-refractivity contribution in [1.82, 2.24) is 15.0 Å². The standard InChI is InChI=1S/C22H19N5O/c1-14(2)24-17-9-5-15(6-10-17)16-7-11-18(12-8-16)25-21-19-4-3-13-23-20(19)26-22(28)27-21/h3-13H,1-2H3,(H2,23,25,26,27,28). The number of pyridine rings is 1. The Hall–Kier alpha value is -3.80. The van der Waals surface area contributed by atoms with Crippen molar-refractivity contribution < 1.29 is 0 Å². The van der Waals surface area contributed by atoms with Crippen molar-refractivity contribution in [3.8, 4) is 11.1 Å². The molecule has 2 N–H and O–H groups in total. The molecule has 0 atom stereocenters. The minimum absolute atomic E-state index is 0.412. The number of nitrogens with zero attached hydrogens (tertiary/aromatic N) is 3. The first-order chi connectivity index (χ1) is 13.6. The molecular weight excluding hydrogens is 350 g/mol. The van der Waals surface area contributed by atoms with Crippen molar-refractivity contribution in [2.24, 2.45) is 4.99 Å². The van der Waals surface area contributed by atoms with Gasteiger partial charge in [-0.15, -0.1) is 0 Å². The van der Waals surface area contributed by atoms with Gasteiger partial charge < -0.3 is 5.32 Å². The number of hydrogen-bond donors (Lipinski definition) is 2. The Morgan fingerprint density at radius 2 is 1.64 bits per heavy atom. The van der Waals surface area contributed by atoms with E-state index in [1.165, 1.54) is 0 Å². The lowest BCUT2D eigenvalue weighted by Crippen LogP contribution is -2.13. The van der Waals surface area contributed by atoms with Crippen LogP contribution in [-0.4, -0.2) is 20.7 Å². The second-order valence-electron chi connectivity index (χ2n) is 6.60. The van der Waals surface area contributed by atoms with Crippen molar-refractivity contribution in [3.63, 3.8) is 0 Å². The van der Waals surface area contributed by atoms with Gasteiger partial charge in [-0.05, 0) is 61.4 Å². The third-order valence-corrected chi connectivity index (χ3v) is 4.20. The molecule has 0 saturated heterocycles. The highest BCUT2D eigenvalue weighted by Crippen LogP contribution is 2.26. The summed E-state index contributed by atoms with van der Waals surface area (Å²) in [6, 6.07) is 19.8. The van der Waals surface area contributed by atoms with E-state index >= 15 is 0 Å². The zero-order valence-electron chi connectivity index (χ0n) is 15.6. The molecule has 0 spiro atoms. The van der Waals surface area contributed by atoms with E-state index in [2.05, 4.69) is 37.4 Å². The van der Waals surface area contributed by atoms with Gasteiger partial charge in [0.2, 0.25) is 0 Å². The maximum Gasteiger partial charge on any atom is 0.348 e. The van der Waals surface area contributed by atoms with Gasteiger partial charge in [0.25, 0.3) is 0 Å². The second kappa shape index (κ2) is 7.44. The smallest absolute Gasteiger partial charge is 0.341 e. The van der Waals surface area contributed by atoms with Gasteiger partial charge in [0.1, 0.15) is 5.82 Å². The van der Waals surface area contributed by atoms with Crippen molar-refractivity contribution >= 4 is 33.9 Å². The molecule has 2 aromatic heterocycles. The highest BCUT2D eigenvalue weighted by Gasteiger charge is 2.06. The Bertz CT molecular complexity index is 1200. The molecule has 138 valence electrons. The second-order valence-corrected chi connectivity index (χ2v) is 6.60. The maximum atomic E-state index is 11.8. The molecule has 6 heteroatoms. The number of benzene rings is 2. The van der Waals surface area contributed by atoms with Gasteiger partial charge in [-0.25, -0.2) is 9.78 Å². The van der Waals surface area contributed by atoms with Crippen LogP contribution in [0.25, 0.3) is 22.2 Å². The number of rotatable bonds is 4. The van der Waals surface area contributed by atoms with E-state index < -0.39 is 5.69 Å². The first-order valence-electron chi connectivity index (χ1n) is 8.93. The summed E-state index contributed by atoms with van der Waals surface area (Å²) >= 11 is 0. The molecule has 0 aliphatic heterocycles. The average Bonchev–Trinajstić information content (AvgIpc) is 2.69. The molecular formula is C22H19N5O. The van der Waals surface area contributed by atoms with Crippen LogP contribution in [0.3, 0.4) is 0 Å². The molecule has 2 aromatic carbocycles. The van der Waals surface area contributed by atoms with Crippen LogP contribution >= 0.6 is 0 Å². The average molecular weight is 369 g/mol. The van der Waals surface area contributed by atoms with Gasteiger partial charge in [-0.2, -0.15) is 4.98 Å². The SMILES string of the molecule is CC(C)=Nc1ccc(-c2ccc(Nc3[nH]c(=O)nc4ncccc34)cc2)cc1. The minimum Gasteiger partial charge on any atom is -0.341 e. The highest BCUT2D eigenvalue weighted by molar-refractivity contribution is 5.88. The van der Waals surface area contributed by atoms with E-state index in [-0.39, 0.29) is 0 Å². The summed E-state index contributed by atoms with van der Waals surface area (Å²) in [6.07, 6.45) is 1.62. The number of H-pyrrole nitrogens is 1. The third-order valence-electron chi connectivity index (χ3n) is 4.20. The van der Waals surface area contributed by atoms with E-state index in [9.17, 15) is 4.79 Å². The topological polar surface area (TPSA) is 83.0 Å². The predicted octanol–water partition coefficient (Wildman–Crippen LogP) is 4.84. The van der Waals surface area contributed by atoms with Gasteiger partial charge in [0.05, 0.1) is 11.1 Å². The maximum absolute atomic E-state index is 11.8. The molecule has 0 aliphatic carbocycles. The number of aliphatic imine (C=N–C) groups is 1. The van der Waals surface area contributed by atoms with Crippen molar-refractivity contribution in [3.05, 3.63) is 77.3 Å². The monoisotopic (exact) mass is 369 g/mol. The van der Waals surface area contributed by atoms with Gasteiger partial charge in [0.15, 0.2) is 5.65 Å². The number of fused-ring (bicyclic) bond motifs is 1. The van der Waals surface area contributed by atoms with Crippen molar-refractivity contribution in [1.29, 1.82) is 0 Å². The summed E-state index contributed by atoms with van der Waals surface area (Å²) in [5.41, 5.74) is 5.03. The molecule has 0 fully saturated rings. The number of aromatic amines is 1. The molecule has 0 radical (unpaired) electrons. The minimum atomic E-state index is -0.435. The van der Waals surface area contributed by atoms with Gasteiger partial charge in [-0.3, -0.25) is 9.98 Å². The van der Waals surface area contributed by atoms with Crippen LogP contribution in [0.1, 0.15) is 13.8 Å². The van der Waals surface area contributed by atoms with Crippen LogP contribution in [0, 0.1) is 0 Å². The summed E-state index contributed by atoms with van der Waals surface area (Å²) in [4.78, 5) is 27.0. The lowest BCUT2D eigenvalue weighted by atomic mass is 10.1. The molecule has 4 aromatic rings. The summed E-state index contributed by atoms with van der Waals surface area (Å²) in [5.74, 6) is 0.577. The van der Waals surface area contributed by atoms with Crippen molar-refractivity contribution in [2.75, 3.05) is 5.32 Å². The van der Waals surface area contributed by atoms with Crippen LogP contribution in [0.15, 0.2) is 76.6 Å². The molecule has 0 aliphatic rings. The lowest BCUT2D eigenvalue weighted by molar-refractivity contribution is 1.10. The molecule has 0 saturated carbocycles. The van der Waals surface area contributed by atoms with Crippen molar-refractivity contribution in [2.45, 2.75) is 13.8 Å². The lowest BCUT2D eigenvalue weighted by Gasteiger charge is -2.09. The Kier molecular flexibility index (Phi) is 4.68. The molecule has 2 heterocycles. The van der Waals surface area contributed by atoms with Gasteiger partial charge in [-0.1, -0.05) is 24.3 Å². The Labute approximate surface area is 162 Å². The van der Waals surface area contributed by atoms with E-state index in [4.69, 9.17) is 0 Å². The number of hydrogen-bond acceptors (Lipinski definition) is 5. The summed E-state index contributed by atoms with van der Waals surface area (Å²) in [5, 5.41) is 4.00. The number of nitrogens with one attached hydrogen (secondary N) is 2. The van der Waals surface area contributed by atoms with Gasteiger partial charge >= 0.3 is 5.69 Å². The van der Waals surface area contributed by atoms with Crippen LogP contribution < -0.4 is 11.0 Å². The van der Waals surface area contributed by atoms with E-state index in [0.29, 0.717) is 11.5 Å². The predicted molar refractivity (Wildman–Crippen MR) is 114 cm³/mol. The van der Waals surface area contributed by atoms with Gasteiger partial charge in [0, 0.05) is 17.6 Å². The fraction of sp³-hybridized carbons (Fsp3) is 0.0909. The zero-order valence-corrected chi connectivity index (χ0v) is 15.6. The molecule has 4 rings (SSSR count). The normalized spacial score (nSPS) is 10.6. The third kappa shape index (κ3) is 3.81. The first kappa shape index (κ1) is 17.6. The van der Waals surface area contributed by atoms with E-state index in [0.717, 1.165) is 33.6 Å².